The zero-order chi connectivity index (χ0) is 13.0. The average molecular weight is 254 g/mol. The summed E-state index contributed by atoms with van der Waals surface area (Å²) in [5.74, 6) is 0.392. The van der Waals surface area contributed by atoms with Gasteiger partial charge in [-0.3, -0.25) is 4.79 Å². The fourth-order valence-corrected chi connectivity index (χ4v) is 2.99. The van der Waals surface area contributed by atoms with Gasteiger partial charge in [0.2, 0.25) is 5.91 Å². The van der Waals surface area contributed by atoms with Crippen molar-refractivity contribution in [2.24, 2.45) is 5.92 Å². The summed E-state index contributed by atoms with van der Waals surface area (Å²) in [6.07, 6.45) is 4.60. The van der Waals surface area contributed by atoms with Crippen molar-refractivity contribution in [2.45, 2.75) is 51.7 Å². The molecular formula is C14H26N2O2. The molecule has 0 aliphatic carbocycles. The lowest BCUT2D eigenvalue weighted by Gasteiger charge is -2.27. The minimum atomic E-state index is 0.0907. The van der Waals surface area contributed by atoms with E-state index in [1.165, 1.54) is 12.8 Å². The number of ether oxygens (including phenoxy) is 1. The summed E-state index contributed by atoms with van der Waals surface area (Å²) in [5.41, 5.74) is 0. The standard InChI is InChI=1S/C14H26N2O2/c1-3-7-16(9-13-5-4-6-15-13)14(17)12-8-11(2)18-10-12/h11-13,15H,3-10H2,1-2H3. The van der Waals surface area contributed by atoms with Gasteiger partial charge in [-0.2, -0.15) is 0 Å². The Morgan fingerprint density at radius 1 is 1.50 bits per heavy atom. The van der Waals surface area contributed by atoms with Gasteiger partial charge in [0.15, 0.2) is 0 Å². The van der Waals surface area contributed by atoms with E-state index >= 15 is 0 Å². The monoisotopic (exact) mass is 254 g/mol. The third-order valence-electron chi connectivity index (χ3n) is 3.96. The van der Waals surface area contributed by atoms with Gasteiger partial charge in [0.05, 0.1) is 18.6 Å². The van der Waals surface area contributed by atoms with Gasteiger partial charge in [-0.15, -0.1) is 0 Å². The highest BCUT2D eigenvalue weighted by atomic mass is 16.5. The van der Waals surface area contributed by atoms with Crippen molar-refractivity contribution >= 4 is 5.91 Å². The second-order valence-electron chi connectivity index (χ2n) is 5.65. The molecule has 4 nitrogen and oxygen atoms in total. The van der Waals surface area contributed by atoms with Gasteiger partial charge >= 0.3 is 0 Å². The quantitative estimate of drug-likeness (QED) is 0.806. The third-order valence-corrected chi connectivity index (χ3v) is 3.96. The summed E-state index contributed by atoms with van der Waals surface area (Å²) in [5, 5.41) is 3.47. The number of rotatable bonds is 5. The first kappa shape index (κ1) is 13.8. The zero-order valence-electron chi connectivity index (χ0n) is 11.7. The lowest BCUT2D eigenvalue weighted by molar-refractivity contribution is -0.135. The Balaban J connectivity index is 1.88. The molecule has 0 saturated carbocycles. The van der Waals surface area contributed by atoms with E-state index < -0.39 is 0 Å². The number of carbonyl (C=O) groups is 1. The molecule has 2 fully saturated rings. The molecule has 2 rings (SSSR count). The highest BCUT2D eigenvalue weighted by Crippen LogP contribution is 2.22. The first-order chi connectivity index (χ1) is 8.70. The lowest BCUT2D eigenvalue weighted by atomic mass is 10.0. The van der Waals surface area contributed by atoms with Crippen LogP contribution in [0.1, 0.15) is 39.5 Å². The molecule has 2 aliphatic rings. The number of hydrogen-bond donors (Lipinski definition) is 1. The molecule has 0 aromatic heterocycles. The van der Waals surface area contributed by atoms with Crippen LogP contribution < -0.4 is 5.32 Å². The maximum Gasteiger partial charge on any atom is 0.228 e. The Labute approximate surface area is 110 Å². The first-order valence-electron chi connectivity index (χ1n) is 7.34. The Hall–Kier alpha value is -0.610. The molecular weight excluding hydrogens is 228 g/mol. The maximum atomic E-state index is 12.5. The van der Waals surface area contributed by atoms with Gasteiger partial charge in [0.25, 0.3) is 0 Å². The number of nitrogens with one attached hydrogen (secondary N) is 1. The van der Waals surface area contributed by atoms with Gasteiger partial charge in [-0.25, -0.2) is 0 Å². The van der Waals surface area contributed by atoms with Crippen molar-refractivity contribution in [1.29, 1.82) is 0 Å². The summed E-state index contributed by atoms with van der Waals surface area (Å²) in [6, 6.07) is 0.500. The van der Waals surface area contributed by atoms with E-state index in [0.29, 0.717) is 18.6 Å². The molecule has 3 unspecified atom stereocenters. The van der Waals surface area contributed by atoms with E-state index in [1.807, 2.05) is 0 Å². The summed E-state index contributed by atoms with van der Waals surface area (Å²) in [6.45, 7) is 7.65. The molecule has 3 atom stereocenters. The molecule has 4 heteroatoms. The molecule has 1 N–H and O–H groups in total. The van der Waals surface area contributed by atoms with Crippen molar-refractivity contribution < 1.29 is 9.53 Å². The van der Waals surface area contributed by atoms with Crippen LogP contribution >= 0.6 is 0 Å². The van der Waals surface area contributed by atoms with E-state index in [-0.39, 0.29) is 12.0 Å². The van der Waals surface area contributed by atoms with E-state index in [4.69, 9.17) is 4.74 Å². The highest BCUT2D eigenvalue weighted by molar-refractivity contribution is 5.79. The normalized spacial score (nSPS) is 31.8. The van der Waals surface area contributed by atoms with Crippen LogP contribution in [0, 0.1) is 5.92 Å². The predicted molar refractivity (Wildman–Crippen MR) is 71.4 cm³/mol. The number of hydrogen-bond acceptors (Lipinski definition) is 3. The molecule has 0 aromatic rings. The molecule has 0 spiro atoms. The fourth-order valence-electron chi connectivity index (χ4n) is 2.99. The number of nitrogens with zero attached hydrogens (tertiary/aromatic N) is 1. The molecule has 1 amide bonds. The summed E-state index contributed by atoms with van der Waals surface area (Å²) in [4.78, 5) is 14.5. The van der Waals surface area contributed by atoms with Crippen molar-refractivity contribution in [2.75, 3.05) is 26.2 Å². The van der Waals surface area contributed by atoms with Crippen molar-refractivity contribution in [3.63, 3.8) is 0 Å². The maximum absolute atomic E-state index is 12.5. The second-order valence-corrected chi connectivity index (χ2v) is 5.65. The second kappa shape index (κ2) is 6.53. The van der Waals surface area contributed by atoms with E-state index in [0.717, 1.165) is 32.5 Å². The van der Waals surface area contributed by atoms with Crippen LogP contribution in [0.5, 0.6) is 0 Å². The van der Waals surface area contributed by atoms with Crippen molar-refractivity contribution in [1.82, 2.24) is 10.2 Å². The van der Waals surface area contributed by atoms with Crippen LogP contribution in [0.3, 0.4) is 0 Å². The molecule has 0 radical (unpaired) electrons. The average Bonchev–Trinajstić information content (AvgIpc) is 2.99. The van der Waals surface area contributed by atoms with Crippen LogP contribution in [0.25, 0.3) is 0 Å². The molecule has 18 heavy (non-hydrogen) atoms. The predicted octanol–water partition coefficient (Wildman–Crippen LogP) is 1.40. The fraction of sp³-hybridized carbons (Fsp3) is 0.929. The van der Waals surface area contributed by atoms with Crippen LogP contribution in [-0.2, 0) is 9.53 Å². The van der Waals surface area contributed by atoms with Gasteiger partial charge in [0, 0.05) is 19.1 Å². The Morgan fingerprint density at radius 3 is 2.89 bits per heavy atom. The largest absolute Gasteiger partial charge is 0.378 e. The first-order valence-corrected chi connectivity index (χ1v) is 7.34. The molecule has 2 saturated heterocycles. The summed E-state index contributed by atoms with van der Waals surface area (Å²) in [7, 11) is 0. The van der Waals surface area contributed by atoms with Crippen molar-refractivity contribution in [3.05, 3.63) is 0 Å². The third kappa shape index (κ3) is 3.45. The van der Waals surface area contributed by atoms with Gasteiger partial charge < -0.3 is 15.0 Å². The lowest BCUT2D eigenvalue weighted by Crippen LogP contribution is -2.44. The van der Waals surface area contributed by atoms with Crippen LogP contribution in [0.15, 0.2) is 0 Å². The summed E-state index contributed by atoms with van der Waals surface area (Å²) >= 11 is 0. The minimum absolute atomic E-state index is 0.0907. The molecule has 2 heterocycles. The van der Waals surface area contributed by atoms with Crippen LogP contribution in [-0.4, -0.2) is 49.2 Å². The molecule has 104 valence electrons. The minimum Gasteiger partial charge on any atom is -0.378 e. The Morgan fingerprint density at radius 2 is 2.33 bits per heavy atom. The zero-order valence-corrected chi connectivity index (χ0v) is 11.7. The smallest absolute Gasteiger partial charge is 0.228 e. The summed E-state index contributed by atoms with van der Waals surface area (Å²) < 4.78 is 5.52. The SMILES string of the molecule is CCCN(CC1CCCN1)C(=O)C1COC(C)C1. The molecule has 2 aliphatic heterocycles. The van der Waals surface area contributed by atoms with Gasteiger partial charge in [0.1, 0.15) is 0 Å². The van der Waals surface area contributed by atoms with E-state index in [1.54, 1.807) is 0 Å². The number of carbonyl (C=O) groups excluding carboxylic acids is 1. The van der Waals surface area contributed by atoms with Gasteiger partial charge in [-0.1, -0.05) is 6.92 Å². The Kier molecular flexibility index (Phi) is 5.01. The van der Waals surface area contributed by atoms with Gasteiger partial charge in [-0.05, 0) is 39.2 Å². The van der Waals surface area contributed by atoms with Crippen LogP contribution in [0.2, 0.25) is 0 Å². The van der Waals surface area contributed by atoms with E-state index in [9.17, 15) is 4.79 Å². The number of amides is 1. The van der Waals surface area contributed by atoms with E-state index in [2.05, 4.69) is 24.1 Å². The van der Waals surface area contributed by atoms with Crippen LogP contribution in [0.4, 0.5) is 0 Å². The topological polar surface area (TPSA) is 41.6 Å². The highest BCUT2D eigenvalue weighted by Gasteiger charge is 2.32. The molecule has 0 aromatic carbocycles. The Bertz CT molecular complexity index is 277. The van der Waals surface area contributed by atoms with Crippen molar-refractivity contribution in [3.8, 4) is 0 Å². The molecule has 0 bridgehead atoms.